The molecule has 1 aliphatic heterocycles. The molecule has 1 aromatic carbocycles. The summed E-state index contributed by atoms with van der Waals surface area (Å²) in [5.41, 5.74) is 3.73. The molecule has 170 valence electrons. The number of nitrogens with one attached hydrogen (secondary N) is 1. The molecule has 0 bridgehead atoms. The summed E-state index contributed by atoms with van der Waals surface area (Å²) in [6.07, 6.45) is 5.12. The first kappa shape index (κ1) is 22.6. The maximum Gasteiger partial charge on any atom is 0.268 e. The minimum atomic E-state index is -0.493. The highest BCUT2D eigenvalue weighted by molar-refractivity contribution is 7.19. The fourth-order valence-electron chi connectivity index (χ4n) is 4.01. The van der Waals surface area contributed by atoms with E-state index in [0.29, 0.717) is 5.13 Å². The Kier molecular flexibility index (Phi) is 6.75. The molecule has 1 aliphatic rings. The number of rotatable bonds is 6. The van der Waals surface area contributed by atoms with Crippen molar-refractivity contribution >= 4 is 33.6 Å². The number of ether oxygens (including phenoxy) is 1. The van der Waals surface area contributed by atoms with Crippen molar-refractivity contribution in [1.82, 2.24) is 14.8 Å². The number of amides is 1. The SMILES string of the molecule is COc1ccc(-n2c(C)cc(/C=C(/C#N)C(=O)Nc3nnc(N4CCCCC4)s3)c2C)cc1. The van der Waals surface area contributed by atoms with Crippen molar-refractivity contribution in [1.29, 1.82) is 5.26 Å². The summed E-state index contributed by atoms with van der Waals surface area (Å²) in [6.45, 7) is 5.86. The van der Waals surface area contributed by atoms with Crippen molar-refractivity contribution in [3.8, 4) is 17.5 Å². The number of aryl methyl sites for hydroxylation is 1. The van der Waals surface area contributed by atoms with Crippen LogP contribution >= 0.6 is 11.3 Å². The van der Waals surface area contributed by atoms with Gasteiger partial charge in [0.25, 0.3) is 5.91 Å². The summed E-state index contributed by atoms with van der Waals surface area (Å²) in [5.74, 6) is 0.290. The summed E-state index contributed by atoms with van der Waals surface area (Å²) in [5, 5.41) is 21.9. The van der Waals surface area contributed by atoms with Gasteiger partial charge in [-0.25, -0.2) is 0 Å². The van der Waals surface area contributed by atoms with E-state index in [1.807, 2.05) is 50.2 Å². The molecule has 33 heavy (non-hydrogen) atoms. The standard InChI is InChI=1S/C24H26N6O2S/c1-16-13-18(17(2)30(16)20-7-9-21(32-3)10-8-20)14-19(15-25)22(31)26-23-27-28-24(33-23)29-11-5-4-6-12-29/h7-10,13-14H,4-6,11-12H2,1-3H3,(H,26,27,31)/b19-14-. The van der Waals surface area contributed by atoms with Gasteiger partial charge in [-0.2, -0.15) is 5.26 Å². The highest BCUT2D eigenvalue weighted by Gasteiger charge is 2.18. The second-order valence-corrected chi connectivity index (χ2v) is 8.88. The molecule has 1 N–H and O–H groups in total. The van der Waals surface area contributed by atoms with Crippen LogP contribution < -0.4 is 15.0 Å². The molecule has 0 aliphatic carbocycles. The van der Waals surface area contributed by atoms with Crippen LogP contribution in [0.15, 0.2) is 35.9 Å². The predicted molar refractivity (Wildman–Crippen MR) is 130 cm³/mol. The quantitative estimate of drug-likeness (QED) is 0.428. The van der Waals surface area contributed by atoms with Gasteiger partial charge in [-0.15, -0.1) is 10.2 Å². The number of piperidine rings is 1. The van der Waals surface area contributed by atoms with Crippen LogP contribution in [0.25, 0.3) is 11.8 Å². The molecule has 8 nitrogen and oxygen atoms in total. The zero-order valence-electron chi connectivity index (χ0n) is 19.0. The highest BCUT2D eigenvalue weighted by atomic mass is 32.1. The fourth-order valence-corrected chi connectivity index (χ4v) is 4.80. The molecule has 0 unspecified atom stereocenters. The fraction of sp³-hybridized carbons (Fsp3) is 0.333. The number of anilines is 2. The molecule has 0 radical (unpaired) electrons. The lowest BCUT2D eigenvalue weighted by molar-refractivity contribution is -0.112. The second kappa shape index (κ2) is 9.88. The predicted octanol–water partition coefficient (Wildman–Crippen LogP) is 4.49. The summed E-state index contributed by atoms with van der Waals surface area (Å²) in [6, 6.07) is 11.7. The number of methoxy groups -OCH3 is 1. The molecule has 1 amide bonds. The van der Waals surface area contributed by atoms with Crippen LogP contribution in [0, 0.1) is 25.2 Å². The summed E-state index contributed by atoms with van der Waals surface area (Å²) in [7, 11) is 1.63. The molecular weight excluding hydrogens is 436 g/mol. The lowest BCUT2D eigenvalue weighted by atomic mass is 10.1. The molecule has 9 heteroatoms. The van der Waals surface area contributed by atoms with Crippen molar-refractivity contribution < 1.29 is 9.53 Å². The van der Waals surface area contributed by atoms with E-state index in [1.165, 1.54) is 17.8 Å². The third-order valence-electron chi connectivity index (χ3n) is 5.73. The number of carbonyl (C=O) groups excluding carboxylic acids is 1. The van der Waals surface area contributed by atoms with E-state index in [1.54, 1.807) is 13.2 Å². The van der Waals surface area contributed by atoms with Gasteiger partial charge in [-0.05, 0) is 75.1 Å². The Hall–Kier alpha value is -3.64. The van der Waals surface area contributed by atoms with Crippen LogP contribution in [-0.2, 0) is 4.79 Å². The number of carbonyl (C=O) groups is 1. The molecular formula is C24H26N6O2S. The Morgan fingerprint density at radius 2 is 1.91 bits per heavy atom. The van der Waals surface area contributed by atoms with E-state index in [-0.39, 0.29) is 5.57 Å². The summed E-state index contributed by atoms with van der Waals surface area (Å²) < 4.78 is 7.32. The maximum atomic E-state index is 12.8. The third kappa shape index (κ3) is 4.91. The van der Waals surface area contributed by atoms with E-state index >= 15 is 0 Å². The monoisotopic (exact) mass is 462 g/mol. The number of aromatic nitrogens is 3. The molecule has 1 fully saturated rings. The zero-order valence-corrected chi connectivity index (χ0v) is 19.8. The van der Waals surface area contributed by atoms with Crippen LogP contribution in [0.2, 0.25) is 0 Å². The normalized spacial score (nSPS) is 14.1. The van der Waals surface area contributed by atoms with Crippen molar-refractivity contribution in [2.75, 3.05) is 30.4 Å². The molecule has 1 saturated heterocycles. The van der Waals surface area contributed by atoms with E-state index in [2.05, 4.69) is 25.0 Å². The molecule has 0 atom stereocenters. The van der Waals surface area contributed by atoms with E-state index in [0.717, 1.165) is 59.5 Å². The average molecular weight is 463 g/mol. The number of hydrogen-bond acceptors (Lipinski definition) is 7. The number of nitriles is 1. The van der Waals surface area contributed by atoms with E-state index in [4.69, 9.17) is 4.74 Å². The van der Waals surface area contributed by atoms with Gasteiger partial charge in [0.05, 0.1) is 7.11 Å². The topological polar surface area (TPSA) is 96.1 Å². The Morgan fingerprint density at radius 3 is 2.58 bits per heavy atom. The molecule has 4 rings (SSSR count). The van der Waals surface area contributed by atoms with Crippen LogP contribution in [0.5, 0.6) is 5.75 Å². The Morgan fingerprint density at radius 1 is 1.18 bits per heavy atom. The highest BCUT2D eigenvalue weighted by Crippen LogP contribution is 2.28. The molecule has 0 spiro atoms. The zero-order chi connectivity index (χ0) is 23.4. The molecule has 3 heterocycles. The van der Waals surface area contributed by atoms with Gasteiger partial charge in [0.1, 0.15) is 17.4 Å². The van der Waals surface area contributed by atoms with Gasteiger partial charge in [-0.3, -0.25) is 10.1 Å². The smallest absolute Gasteiger partial charge is 0.268 e. The van der Waals surface area contributed by atoms with Crippen LogP contribution in [0.1, 0.15) is 36.2 Å². The Bertz CT molecular complexity index is 1210. The largest absolute Gasteiger partial charge is 0.497 e. The Labute approximate surface area is 197 Å². The first-order valence-electron chi connectivity index (χ1n) is 10.8. The summed E-state index contributed by atoms with van der Waals surface area (Å²) in [4.78, 5) is 15.0. The maximum absolute atomic E-state index is 12.8. The molecule has 3 aromatic rings. The second-order valence-electron chi connectivity index (χ2n) is 7.92. The van der Waals surface area contributed by atoms with Crippen molar-refractivity contribution in [2.24, 2.45) is 0 Å². The molecule has 0 saturated carbocycles. The van der Waals surface area contributed by atoms with E-state index in [9.17, 15) is 10.1 Å². The number of hydrogen-bond donors (Lipinski definition) is 1. The van der Waals surface area contributed by atoms with Gasteiger partial charge < -0.3 is 14.2 Å². The van der Waals surface area contributed by atoms with Crippen LogP contribution in [0.4, 0.5) is 10.3 Å². The average Bonchev–Trinajstić information content (AvgIpc) is 3.41. The number of nitrogens with zero attached hydrogens (tertiary/aromatic N) is 5. The van der Waals surface area contributed by atoms with Crippen LogP contribution in [0.3, 0.4) is 0 Å². The van der Waals surface area contributed by atoms with Crippen LogP contribution in [-0.4, -0.2) is 40.9 Å². The van der Waals surface area contributed by atoms with Crippen molar-refractivity contribution in [3.05, 3.63) is 52.9 Å². The minimum absolute atomic E-state index is 0.0136. The van der Waals surface area contributed by atoms with Crippen molar-refractivity contribution in [2.45, 2.75) is 33.1 Å². The third-order valence-corrected chi connectivity index (χ3v) is 6.63. The number of benzene rings is 1. The lowest BCUT2D eigenvalue weighted by Crippen LogP contribution is -2.29. The van der Waals surface area contributed by atoms with Gasteiger partial charge in [0, 0.05) is 30.2 Å². The van der Waals surface area contributed by atoms with E-state index < -0.39 is 5.91 Å². The van der Waals surface area contributed by atoms with Gasteiger partial charge in [-0.1, -0.05) is 11.3 Å². The van der Waals surface area contributed by atoms with Crippen molar-refractivity contribution in [3.63, 3.8) is 0 Å². The Balaban J connectivity index is 1.53. The summed E-state index contributed by atoms with van der Waals surface area (Å²) >= 11 is 1.33. The van der Waals surface area contributed by atoms with Gasteiger partial charge in [0.15, 0.2) is 0 Å². The first-order valence-corrected chi connectivity index (χ1v) is 11.7. The van der Waals surface area contributed by atoms with Gasteiger partial charge >= 0.3 is 0 Å². The molecule has 2 aromatic heterocycles. The lowest BCUT2D eigenvalue weighted by Gasteiger charge is -2.25. The minimum Gasteiger partial charge on any atom is -0.497 e. The van der Waals surface area contributed by atoms with Gasteiger partial charge in [0.2, 0.25) is 10.3 Å². The first-order chi connectivity index (χ1) is 16.0.